The first-order chi connectivity index (χ1) is 33.5. The molecule has 0 aromatic rings. The normalized spacial score (nSPS) is 12.8. The minimum atomic E-state index is -0.790. The SMILES string of the molecule is CC/C=C\C/C=C\C/C=C\C/C=C\C/C=C\C/C=C\CCCCCCCCC(=O)OCC(COC(=O)CCCCCCCCCCCCCC)OC(=O)CCCCCCC/C=C\C/C=C\CCC. The van der Waals surface area contributed by atoms with E-state index in [0.717, 1.165) is 141 Å². The van der Waals surface area contributed by atoms with Crippen LogP contribution in [0.3, 0.4) is 0 Å². The van der Waals surface area contributed by atoms with Crippen LogP contribution in [0.15, 0.2) is 97.2 Å². The summed E-state index contributed by atoms with van der Waals surface area (Å²) in [6.45, 7) is 6.44. The molecule has 0 bridgehead atoms. The van der Waals surface area contributed by atoms with Gasteiger partial charge in [-0.15, -0.1) is 0 Å². The lowest BCUT2D eigenvalue weighted by atomic mass is 10.0. The van der Waals surface area contributed by atoms with Gasteiger partial charge in [0.25, 0.3) is 0 Å². The Kier molecular flexibility index (Phi) is 52.9. The van der Waals surface area contributed by atoms with Crippen molar-refractivity contribution in [3.8, 4) is 0 Å². The van der Waals surface area contributed by atoms with E-state index >= 15 is 0 Å². The van der Waals surface area contributed by atoms with Crippen LogP contribution in [0.5, 0.6) is 0 Å². The minimum absolute atomic E-state index is 0.0867. The number of carbonyl (C=O) groups is 3. The predicted molar refractivity (Wildman–Crippen MR) is 293 cm³/mol. The van der Waals surface area contributed by atoms with Gasteiger partial charge in [-0.05, 0) is 96.3 Å². The van der Waals surface area contributed by atoms with Gasteiger partial charge in [0.1, 0.15) is 13.2 Å². The molecule has 0 aliphatic rings. The molecule has 0 aromatic carbocycles. The van der Waals surface area contributed by atoms with E-state index in [-0.39, 0.29) is 31.1 Å². The largest absolute Gasteiger partial charge is 0.462 e. The molecule has 6 heteroatoms. The maximum atomic E-state index is 12.8. The zero-order valence-electron chi connectivity index (χ0n) is 44.3. The number of allylic oxidation sites excluding steroid dienone is 16. The molecule has 0 aliphatic carbocycles. The maximum absolute atomic E-state index is 12.8. The monoisotopic (exact) mass is 945 g/mol. The molecule has 0 saturated heterocycles. The van der Waals surface area contributed by atoms with Crippen molar-refractivity contribution in [1.29, 1.82) is 0 Å². The molecule has 0 amide bonds. The molecule has 1 atom stereocenters. The van der Waals surface area contributed by atoms with Crippen molar-refractivity contribution in [3.63, 3.8) is 0 Å². The van der Waals surface area contributed by atoms with E-state index in [1.807, 2.05) is 0 Å². The summed E-state index contributed by atoms with van der Waals surface area (Å²) in [5, 5.41) is 0. The molecule has 0 aliphatic heterocycles. The molecule has 0 radical (unpaired) electrons. The number of carbonyl (C=O) groups excluding carboxylic acids is 3. The van der Waals surface area contributed by atoms with Crippen molar-refractivity contribution >= 4 is 17.9 Å². The summed E-state index contributed by atoms with van der Waals surface area (Å²) in [5.74, 6) is -0.915. The molecule has 6 nitrogen and oxygen atoms in total. The first-order valence-corrected chi connectivity index (χ1v) is 28.2. The van der Waals surface area contributed by atoms with Crippen molar-refractivity contribution in [2.75, 3.05) is 13.2 Å². The maximum Gasteiger partial charge on any atom is 0.306 e. The Labute approximate surface area is 419 Å². The van der Waals surface area contributed by atoms with Gasteiger partial charge in [0.05, 0.1) is 0 Å². The summed E-state index contributed by atoms with van der Waals surface area (Å²) in [7, 11) is 0. The van der Waals surface area contributed by atoms with Gasteiger partial charge in [-0.25, -0.2) is 0 Å². The Morgan fingerprint density at radius 1 is 0.309 bits per heavy atom. The molecule has 0 rings (SSSR count). The van der Waals surface area contributed by atoms with Crippen molar-refractivity contribution in [1.82, 2.24) is 0 Å². The molecular formula is C62H104O6. The predicted octanol–water partition coefficient (Wildman–Crippen LogP) is 18.9. The second kappa shape index (κ2) is 55.9. The Hall–Kier alpha value is -3.67. The third-order valence-corrected chi connectivity index (χ3v) is 11.8. The zero-order chi connectivity index (χ0) is 49.3. The minimum Gasteiger partial charge on any atom is -0.462 e. The molecule has 0 aromatic heterocycles. The topological polar surface area (TPSA) is 78.9 Å². The molecule has 0 N–H and O–H groups in total. The van der Waals surface area contributed by atoms with Gasteiger partial charge >= 0.3 is 17.9 Å². The fourth-order valence-electron chi connectivity index (χ4n) is 7.60. The van der Waals surface area contributed by atoms with Crippen LogP contribution in [0.25, 0.3) is 0 Å². The van der Waals surface area contributed by atoms with E-state index in [4.69, 9.17) is 14.2 Å². The number of rotatable bonds is 50. The van der Waals surface area contributed by atoms with E-state index in [9.17, 15) is 14.4 Å². The van der Waals surface area contributed by atoms with Gasteiger partial charge in [-0.1, -0.05) is 240 Å². The van der Waals surface area contributed by atoms with Crippen LogP contribution >= 0.6 is 0 Å². The first kappa shape index (κ1) is 64.3. The van der Waals surface area contributed by atoms with E-state index in [0.29, 0.717) is 19.3 Å². The highest BCUT2D eigenvalue weighted by Crippen LogP contribution is 2.15. The van der Waals surface area contributed by atoms with Crippen LogP contribution < -0.4 is 0 Å². The lowest BCUT2D eigenvalue weighted by molar-refractivity contribution is -0.167. The number of ether oxygens (including phenoxy) is 3. The van der Waals surface area contributed by atoms with Crippen molar-refractivity contribution in [2.45, 2.75) is 264 Å². The molecule has 0 spiro atoms. The van der Waals surface area contributed by atoms with Gasteiger partial charge in [0, 0.05) is 19.3 Å². The lowest BCUT2D eigenvalue weighted by Crippen LogP contribution is -2.30. The van der Waals surface area contributed by atoms with E-state index in [1.165, 1.54) is 77.0 Å². The van der Waals surface area contributed by atoms with Crippen LogP contribution in [-0.4, -0.2) is 37.2 Å². The van der Waals surface area contributed by atoms with E-state index in [2.05, 4.69) is 118 Å². The number of hydrogen-bond donors (Lipinski definition) is 0. The quantitative estimate of drug-likeness (QED) is 0.0262. The molecule has 0 saturated carbocycles. The Bertz CT molecular complexity index is 1360. The summed E-state index contributed by atoms with van der Waals surface area (Å²) in [6.07, 6.45) is 73.9. The van der Waals surface area contributed by atoms with Gasteiger partial charge < -0.3 is 14.2 Å². The molecular weight excluding hydrogens is 841 g/mol. The average Bonchev–Trinajstić information content (AvgIpc) is 3.34. The van der Waals surface area contributed by atoms with Crippen LogP contribution in [0, 0.1) is 0 Å². The summed E-state index contributed by atoms with van der Waals surface area (Å²) in [6, 6.07) is 0. The average molecular weight is 946 g/mol. The Morgan fingerprint density at radius 2 is 0.603 bits per heavy atom. The molecule has 388 valence electrons. The van der Waals surface area contributed by atoms with Gasteiger partial charge in [0.15, 0.2) is 6.10 Å². The van der Waals surface area contributed by atoms with E-state index in [1.54, 1.807) is 0 Å². The first-order valence-electron chi connectivity index (χ1n) is 28.2. The van der Waals surface area contributed by atoms with Crippen LogP contribution in [0.2, 0.25) is 0 Å². The molecule has 0 heterocycles. The highest BCUT2D eigenvalue weighted by atomic mass is 16.6. The smallest absolute Gasteiger partial charge is 0.306 e. The molecule has 0 fully saturated rings. The highest BCUT2D eigenvalue weighted by Gasteiger charge is 2.19. The molecule has 68 heavy (non-hydrogen) atoms. The summed E-state index contributed by atoms with van der Waals surface area (Å²) in [5.41, 5.74) is 0. The number of unbranched alkanes of at least 4 members (excludes halogenated alkanes) is 23. The highest BCUT2D eigenvalue weighted by molar-refractivity contribution is 5.71. The zero-order valence-corrected chi connectivity index (χ0v) is 44.3. The molecule has 1 unspecified atom stereocenters. The van der Waals surface area contributed by atoms with Crippen molar-refractivity contribution in [3.05, 3.63) is 97.2 Å². The number of hydrogen-bond acceptors (Lipinski definition) is 6. The summed E-state index contributed by atoms with van der Waals surface area (Å²) in [4.78, 5) is 38.1. The van der Waals surface area contributed by atoms with Gasteiger partial charge in [-0.3, -0.25) is 14.4 Å². The third kappa shape index (κ3) is 53.3. The van der Waals surface area contributed by atoms with Crippen LogP contribution in [0.1, 0.15) is 258 Å². The third-order valence-electron chi connectivity index (χ3n) is 11.8. The van der Waals surface area contributed by atoms with Crippen LogP contribution in [0.4, 0.5) is 0 Å². The van der Waals surface area contributed by atoms with E-state index < -0.39 is 6.10 Å². The second-order valence-electron chi connectivity index (χ2n) is 18.5. The summed E-state index contributed by atoms with van der Waals surface area (Å²) < 4.78 is 16.8. The lowest BCUT2D eigenvalue weighted by Gasteiger charge is -2.18. The fourth-order valence-corrected chi connectivity index (χ4v) is 7.60. The van der Waals surface area contributed by atoms with Crippen LogP contribution in [-0.2, 0) is 28.6 Å². The van der Waals surface area contributed by atoms with Gasteiger partial charge in [0.2, 0.25) is 0 Å². The van der Waals surface area contributed by atoms with Crippen molar-refractivity contribution < 1.29 is 28.6 Å². The summed E-state index contributed by atoms with van der Waals surface area (Å²) >= 11 is 0. The Morgan fingerprint density at radius 3 is 0.956 bits per heavy atom. The standard InChI is InChI=1S/C62H104O6/c1-4-7-10-13-16-19-22-25-26-27-28-29-30-31-32-33-34-35-36-38-40-43-46-49-52-55-61(64)67-58-59(57-66-60(63)54-51-48-45-42-39-24-21-18-15-12-9-6-3)68-62(65)56-53-50-47-44-41-37-23-20-17-14-11-8-5-2/h7,10-11,14,16,19-20,23,25-26,28-29,31-32,34-35,59H,4-6,8-9,12-13,15,17-18,21-22,24,27,30,33,36-58H2,1-3H3/b10-7-,14-11-,19-16-,23-20-,26-25-,29-28-,32-31-,35-34-. The number of esters is 3. The second-order valence-corrected chi connectivity index (χ2v) is 18.5. The fraction of sp³-hybridized carbons (Fsp3) is 0.694. The van der Waals surface area contributed by atoms with Crippen molar-refractivity contribution in [2.24, 2.45) is 0 Å². The Balaban J connectivity index is 4.34. The van der Waals surface area contributed by atoms with Gasteiger partial charge in [-0.2, -0.15) is 0 Å².